The van der Waals surface area contributed by atoms with Gasteiger partial charge in [-0.3, -0.25) is 0 Å². The molecule has 1 aromatic heterocycles. The van der Waals surface area contributed by atoms with Crippen molar-refractivity contribution in [2.24, 2.45) is 0 Å². The number of aliphatic hydroxyl groups excluding tert-OH is 1. The molecule has 1 heterocycles. The van der Waals surface area contributed by atoms with Crippen molar-refractivity contribution in [2.45, 2.75) is 25.4 Å². The van der Waals surface area contributed by atoms with Crippen LogP contribution in [0, 0.1) is 0 Å². The van der Waals surface area contributed by atoms with Crippen LogP contribution in [-0.4, -0.2) is 5.11 Å². The average molecular weight is 282 g/mol. The van der Waals surface area contributed by atoms with Crippen LogP contribution < -0.4 is 0 Å². The van der Waals surface area contributed by atoms with Gasteiger partial charge in [0.2, 0.25) is 0 Å². The first-order valence-corrected chi connectivity index (χ1v) is 7.68. The zero-order valence-corrected chi connectivity index (χ0v) is 12.5. The highest BCUT2D eigenvalue weighted by Crippen LogP contribution is 2.40. The van der Waals surface area contributed by atoms with E-state index in [-0.39, 0.29) is 5.41 Å². The van der Waals surface area contributed by atoms with Crippen molar-refractivity contribution in [1.82, 2.24) is 0 Å². The van der Waals surface area contributed by atoms with Crippen molar-refractivity contribution in [2.75, 3.05) is 0 Å². The van der Waals surface area contributed by atoms with Gasteiger partial charge >= 0.3 is 0 Å². The van der Waals surface area contributed by atoms with Gasteiger partial charge in [0.05, 0.1) is 6.10 Å². The second kappa shape index (κ2) is 5.04. The number of benzene rings is 2. The molecule has 0 aliphatic carbocycles. The first-order chi connectivity index (χ1) is 9.60. The highest BCUT2D eigenvalue weighted by atomic mass is 32.1. The van der Waals surface area contributed by atoms with E-state index in [0.29, 0.717) is 0 Å². The topological polar surface area (TPSA) is 20.2 Å². The molecule has 2 aromatic carbocycles. The zero-order chi connectivity index (χ0) is 14.2. The summed E-state index contributed by atoms with van der Waals surface area (Å²) in [6.07, 6.45) is -0.521. The van der Waals surface area contributed by atoms with Crippen LogP contribution in [0.4, 0.5) is 0 Å². The number of aliphatic hydroxyl groups is 1. The summed E-state index contributed by atoms with van der Waals surface area (Å²) in [5.41, 5.74) is 1.85. The second-order valence-electron chi connectivity index (χ2n) is 5.68. The molecular weight excluding hydrogens is 264 g/mol. The molecule has 0 spiro atoms. The van der Waals surface area contributed by atoms with Gasteiger partial charge in [-0.25, -0.2) is 0 Å². The summed E-state index contributed by atoms with van der Waals surface area (Å²) >= 11 is 1.69. The van der Waals surface area contributed by atoms with E-state index in [0.717, 1.165) is 11.1 Å². The third-order valence-corrected chi connectivity index (χ3v) is 4.98. The molecule has 0 saturated carbocycles. The zero-order valence-electron chi connectivity index (χ0n) is 11.7. The summed E-state index contributed by atoms with van der Waals surface area (Å²) in [7, 11) is 0. The predicted octanol–water partition coefficient (Wildman–Crippen LogP) is 4.91. The summed E-state index contributed by atoms with van der Waals surface area (Å²) in [5.74, 6) is 0. The molecule has 2 heteroatoms. The Morgan fingerprint density at radius 1 is 0.950 bits per heavy atom. The molecule has 0 amide bonds. The fraction of sp³-hybridized carbons (Fsp3) is 0.222. The second-order valence-corrected chi connectivity index (χ2v) is 6.59. The Kier molecular flexibility index (Phi) is 3.36. The van der Waals surface area contributed by atoms with Crippen molar-refractivity contribution in [3.63, 3.8) is 0 Å². The molecule has 1 nitrogen and oxygen atoms in total. The molecule has 0 saturated heterocycles. The number of thiophene rings is 1. The fourth-order valence-corrected chi connectivity index (χ4v) is 3.58. The molecule has 102 valence electrons. The van der Waals surface area contributed by atoms with Crippen molar-refractivity contribution in [3.05, 3.63) is 71.1 Å². The van der Waals surface area contributed by atoms with Crippen molar-refractivity contribution in [1.29, 1.82) is 0 Å². The van der Waals surface area contributed by atoms with Crippen molar-refractivity contribution in [3.8, 4) is 0 Å². The molecule has 0 aliphatic rings. The highest BCUT2D eigenvalue weighted by Gasteiger charge is 2.32. The van der Waals surface area contributed by atoms with Crippen molar-refractivity contribution < 1.29 is 5.11 Å². The summed E-state index contributed by atoms with van der Waals surface area (Å²) in [5, 5.41) is 14.2. The van der Waals surface area contributed by atoms with E-state index in [1.54, 1.807) is 11.3 Å². The minimum atomic E-state index is -0.521. The molecule has 0 aliphatic heterocycles. The molecule has 0 fully saturated rings. The lowest BCUT2D eigenvalue weighted by atomic mass is 9.76. The SMILES string of the molecule is CC(C)(c1ccccc1)C(O)c1cccc2ccsc12. The number of hydrogen-bond acceptors (Lipinski definition) is 2. The van der Waals surface area contributed by atoms with Gasteiger partial charge < -0.3 is 5.11 Å². The molecule has 1 N–H and O–H groups in total. The lowest BCUT2D eigenvalue weighted by Crippen LogP contribution is -2.26. The van der Waals surface area contributed by atoms with E-state index in [1.807, 2.05) is 30.3 Å². The van der Waals surface area contributed by atoms with Crippen LogP contribution >= 0.6 is 11.3 Å². The van der Waals surface area contributed by atoms with E-state index in [1.165, 1.54) is 10.1 Å². The van der Waals surface area contributed by atoms with Gasteiger partial charge in [0.15, 0.2) is 0 Å². The fourth-order valence-electron chi connectivity index (χ4n) is 2.65. The Labute approximate surface area is 123 Å². The Bertz CT molecular complexity index is 712. The van der Waals surface area contributed by atoms with Crippen LogP contribution in [-0.2, 0) is 5.41 Å². The smallest absolute Gasteiger partial charge is 0.0895 e. The van der Waals surface area contributed by atoms with Gasteiger partial charge in [-0.05, 0) is 28.0 Å². The van der Waals surface area contributed by atoms with E-state index in [4.69, 9.17) is 0 Å². The summed E-state index contributed by atoms with van der Waals surface area (Å²) in [6.45, 7) is 4.19. The molecule has 20 heavy (non-hydrogen) atoms. The molecule has 0 radical (unpaired) electrons. The minimum absolute atomic E-state index is 0.320. The minimum Gasteiger partial charge on any atom is -0.387 e. The maximum absolute atomic E-state index is 10.9. The third-order valence-electron chi connectivity index (χ3n) is 4.01. The monoisotopic (exact) mass is 282 g/mol. The Morgan fingerprint density at radius 3 is 2.45 bits per heavy atom. The molecule has 3 rings (SSSR count). The maximum atomic E-state index is 10.9. The molecule has 1 unspecified atom stereocenters. The van der Waals surface area contributed by atoms with Crippen LogP contribution in [0.5, 0.6) is 0 Å². The molecule has 1 atom stereocenters. The van der Waals surface area contributed by atoms with Crippen LogP contribution in [0.3, 0.4) is 0 Å². The largest absolute Gasteiger partial charge is 0.387 e. The van der Waals surface area contributed by atoms with Gasteiger partial charge in [0.1, 0.15) is 0 Å². The quantitative estimate of drug-likeness (QED) is 0.723. The predicted molar refractivity (Wildman–Crippen MR) is 86.3 cm³/mol. The number of fused-ring (bicyclic) bond motifs is 1. The van der Waals surface area contributed by atoms with E-state index in [9.17, 15) is 5.11 Å². The first kappa shape index (κ1) is 13.3. The molecule has 0 bridgehead atoms. The van der Waals surface area contributed by atoms with Gasteiger partial charge in [0.25, 0.3) is 0 Å². The Balaban J connectivity index is 2.08. The summed E-state index contributed by atoms with van der Waals surface area (Å²) in [6, 6.07) is 18.5. The van der Waals surface area contributed by atoms with E-state index < -0.39 is 6.10 Å². The molecule has 3 aromatic rings. The van der Waals surface area contributed by atoms with E-state index >= 15 is 0 Å². The lowest BCUT2D eigenvalue weighted by molar-refractivity contribution is 0.102. The van der Waals surface area contributed by atoms with Crippen LogP contribution in [0.1, 0.15) is 31.1 Å². The Morgan fingerprint density at radius 2 is 1.70 bits per heavy atom. The van der Waals surface area contributed by atoms with Crippen LogP contribution in [0.2, 0.25) is 0 Å². The van der Waals surface area contributed by atoms with Gasteiger partial charge in [0, 0.05) is 10.1 Å². The summed E-state index contributed by atoms with van der Waals surface area (Å²) < 4.78 is 1.18. The lowest BCUT2D eigenvalue weighted by Gasteiger charge is -2.31. The van der Waals surface area contributed by atoms with Crippen LogP contribution in [0.15, 0.2) is 60.0 Å². The van der Waals surface area contributed by atoms with Gasteiger partial charge in [-0.15, -0.1) is 11.3 Å². The van der Waals surface area contributed by atoms with Gasteiger partial charge in [-0.1, -0.05) is 62.4 Å². The standard InChI is InChI=1S/C18H18OS/c1-18(2,14-8-4-3-5-9-14)17(19)15-10-6-7-13-11-12-20-16(13)15/h3-12,17,19H,1-2H3. The normalized spacial score (nSPS) is 13.6. The van der Waals surface area contributed by atoms with E-state index in [2.05, 4.69) is 43.5 Å². The van der Waals surface area contributed by atoms with Crippen LogP contribution in [0.25, 0.3) is 10.1 Å². The summed E-state index contributed by atoms with van der Waals surface area (Å²) in [4.78, 5) is 0. The average Bonchev–Trinajstić information content (AvgIpc) is 2.95. The number of hydrogen-bond donors (Lipinski definition) is 1. The number of rotatable bonds is 3. The van der Waals surface area contributed by atoms with Gasteiger partial charge in [-0.2, -0.15) is 0 Å². The third kappa shape index (κ3) is 2.15. The first-order valence-electron chi connectivity index (χ1n) is 6.80. The Hall–Kier alpha value is -1.64. The molecular formula is C18H18OS. The van der Waals surface area contributed by atoms with Crippen molar-refractivity contribution >= 4 is 21.4 Å². The highest BCUT2D eigenvalue weighted by molar-refractivity contribution is 7.17. The maximum Gasteiger partial charge on any atom is 0.0895 e.